The highest BCUT2D eigenvalue weighted by Crippen LogP contribution is 2.42. The van der Waals surface area contributed by atoms with Gasteiger partial charge in [0.15, 0.2) is 5.78 Å². The van der Waals surface area contributed by atoms with E-state index in [1.807, 2.05) is 13.8 Å². The van der Waals surface area contributed by atoms with Crippen molar-refractivity contribution in [3.8, 4) is 0 Å². The fraction of sp³-hybridized carbons (Fsp3) is 0.933. The maximum absolute atomic E-state index is 12.1. The Morgan fingerprint density at radius 3 is 2.53 bits per heavy atom. The summed E-state index contributed by atoms with van der Waals surface area (Å²) >= 11 is 0. The van der Waals surface area contributed by atoms with Crippen molar-refractivity contribution < 1.29 is 9.53 Å². The number of hydrogen-bond donors (Lipinski definition) is 0. The van der Waals surface area contributed by atoms with Gasteiger partial charge in [0.2, 0.25) is 0 Å². The van der Waals surface area contributed by atoms with E-state index < -0.39 is 0 Å². The first kappa shape index (κ1) is 13.1. The minimum absolute atomic E-state index is 0.171. The molecule has 2 rings (SSSR count). The molecule has 0 aromatic heterocycles. The minimum atomic E-state index is 0.171. The molecule has 0 saturated heterocycles. The highest BCUT2D eigenvalue weighted by atomic mass is 16.5. The summed E-state index contributed by atoms with van der Waals surface area (Å²) in [5, 5.41) is 0. The van der Waals surface area contributed by atoms with Crippen molar-refractivity contribution in [2.75, 3.05) is 6.61 Å². The molecule has 3 atom stereocenters. The fourth-order valence-corrected chi connectivity index (χ4v) is 3.53. The number of ether oxygens (including phenoxy) is 1. The Bertz CT molecular complexity index is 260. The SMILES string of the molecule is CC(C)OCC(=O)C1CCC2CCCCC2C1. The van der Waals surface area contributed by atoms with Gasteiger partial charge in [-0.1, -0.05) is 25.7 Å². The summed E-state index contributed by atoms with van der Waals surface area (Å²) in [5.74, 6) is 2.42. The number of carbonyl (C=O) groups excluding carboxylic acids is 1. The van der Waals surface area contributed by atoms with Gasteiger partial charge in [0.1, 0.15) is 6.61 Å². The third-order valence-electron chi connectivity index (χ3n) is 4.55. The Kier molecular flexibility index (Phi) is 4.61. The van der Waals surface area contributed by atoms with Gasteiger partial charge in [-0.25, -0.2) is 0 Å². The van der Waals surface area contributed by atoms with Crippen molar-refractivity contribution in [2.24, 2.45) is 17.8 Å². The lowest BCUT2D eigenvalue weighted by Gasteiger charge is -2.38. The third-order valence-corrected chi connectivity index (χ3v) is 4.55. The van der Waals surface area contributed by atoms with E-state index in [0.29, 0.717) is 18.3 Å². The maximum Gasteiger partial charge on any atom is 0.161 e. The first-order valence-corrected chi connectivity index (χ1v) is 7.31. The minimum Gasteiger partial charge on any atom is -0.371 e. The van der Waals surface area contributed by atoms with Crippen LogP contribution in [0.1, 0.15) is 58.8 Å². The molecule has 2 aliphatic rings. The molecule has 2 aliphatic carbocycles. The molecule has 2 heteroatoms. The number of ketones is 1. The number of hydrogen-bond acceptors (Lipinski definition) is 2. The summed E-state index contributed by atoms with van der Waals surface area (Å²) in [7, 11) is 0. The highest BCUT2D eigenvalue weighted by molar-refractivity contribution is 5.82. The molecule has 0 radical (unpaired) electrons. The molecule has 0 heterocycles. The van der Waals surface area contributed by atoms with E-state index in [2.05, 4.69) is 0 Å². The molecule has 0 aromatic rings. The molecule has 0 N–H and O–H groups in total. The predicted molar refractivity (Wildman–Crippen MR) is 68.9 cm³/mol. The van der Waals surface area contributed by atoms with E-state index in [1.54, 1.807) is 0 Å². The highest BCUT2D eigenvalue weighted by Gasteiger charge is 2.34. The van der Waals surface area contributed by atoms with E-state index in [4.69, 9.17) is 4.74 Å². The average Bonchev–Trinajstić information content (AvgIpc) is 2.35. The van der Waals surface area contributed by atoms with Crippen molar-refractivity contribution in [1.82, 2.24) is 0 Å². The zero-order valence-electron chi connectivity index (χ0n) is 11.3. The van der Waals surface area contributed by atoms with E-state index in [-0.39, 0.29) is 6.10 Å². The molecule has 0 bridgehead atoms. The monoisotopic (exact) mass is 238 g/mol. The molecule has 0 amide bonds. The molecule has 17 heavy (non-hydrogen) atoms. The molecule has 0 spiro atoms. The molecule has 0 aliphatic heterocycles. The Labute approximate surface area is 105 Å². The standard InChI is InChI=1S/C15H26O2/c1-11(2)17-10-15(16)14-8-7-12-5-3-4-6-13(12)9-14/h11-14H,3-10H2,1-2H3. The summed E-state index contributed by atoms with van der Waals surface area (Å²) in [6, 6.07) is 0. The largest absolute Gasteiger partial charge is 0.371 e. The van der Waals surface area contributed by atoms with Crippen LogP contribution in [0.15, 0.2) is 0 Å². The second kappa shape index (κ2) is 5.99. The van der Waals surface area contributed by atoms with Crippen LogP contribution in [0.25, 0.3) is 0 Å². The van der Waals surface area contributed by atoms with Crippen LogP contribution in [-0.2, 0) is 9.53 Å². The Hall–Kier alpha value is -0.370. The van der Waals surface area contributed by atoms with Crippen LogP contribution in [0.5, 0.6) is 0 Å². The average molecular weight is 238 g/mol. The second-order valence-electron chi connectivity index (χ2n) is 6.14. The lowest BCUT2D eigenvalue weighted by Crippen LogP contribution is -2.33. The van der Waals surface area contributed by atoms with E-state index >= 15 is 0 Å². The molecular formula is C15H26O2. The number of Topliss-reactive ketones (excluding diaryl/α,β-unsaturated/α-hetero) is 1. The number of rotatable bonds is 4. The zero-order chi connectivity index (χ0) is 12.3. The third kappa shape index (κ3) is 3.54. The topological polar surface area (TPSA) is 26.3 Å². The van der Waals surface area contributed by atoms with Crippen LogP contribution >= 0.6 is 0 Å². The summed E-state index contributed by atoms with van der Waals surface area (Å²) in [4.78, 5) is 12.1. The van der Waals surface area contributed by atoms with Crippen LogP contribution < -0.4 is 0 Å². The molecule has 3 unspecified atom stereocenters. The van der Waals surface area contributed by atoms with Crippen molar-refractivity contribution in [2.45, 2.75) is 64.9 Å². The van der Waals surface area contributed by atoms with Gasteiger partial charge < -0.3 is 4.74 Å². The van der Waals surface area contributed by atoms with Crippen LogP contribution in [-0.4, -0.2) is 18.5 Å². The van der Waals surface area contributed by atoms with Gasteiger partial charge in [-0.05, 0) is 44.9 Å². The fourth-order valence-electron chi connectivity index (χ4n) is 3.53. The quantitative estimate of drug-likeness (QED) is 0.748. The van der Waals surface area contributed by atoms with Crippen molar-refractivity contribution >= 4 is 5.78 Å². The molecule has 2 saturated carbocycles. The molecule has 2 fully saturated rings. The lowest BCUT2D eigenvalue weighted by atomic mass is 9.67. The van der Waals surface area contributed by atoms with Gasteiger partial charge in [-0.3, -0.25) is 4.79 Å². The first-order valence-electron chi connectivity index (χ1n) is 7.31. The van der Waals surface area contributed by atoms with Crippen molar-refractivity contribution in [3.05, 3.63) is 0 Å². The second-order valence-corrected chi connectivity index (χ2v) is 6.14. The maximum atomic E-state index is 12.1. The Morgan fingerprint density at radius 1 is 1.12 bits per heavy atom. The van der Waals surface area contributed by atoms with Crippen molar-refractivity contribution in [1.29, 1.82) is 0 Å². The summed E-state index contributed by atoms with van der Waals surface area (Å²) in [6.45, 7) is 4.32. The van der Waals surface area contributed by atoms with Crippen LogP contribution in [0.4, 0.5) is 0 Å². The summed E-state index contributed by atoms with van der Waals surface area (Å²) < 4.78 is 5.44. The van der Waals surface area contributed by atoms with Crippen LogP contribution in [0, 0.1) is 17.8 Å². The van der Waals surface area contributed by atoms with Gasteiger partial charge >= 0.3 is 0 Å². The van der Waals surface area contributed by atoms with E-state index in [0.717, 1.165) is 24.7 Å². The molecule has 2 nitrogen and oxygen atoms in total. The number of fused-ring (bicyclic) bond motifs is 1. The Morgan fingerprint density at radius 2 is 1.82 bits per heavy atom. The zero-order valence-corrected chi connectivity index (χ0v) is 11.3. The Balaban J connectivity index is 1.80. The van der Waals surface area contributed by atoms with Gasteiger partial charge in [-0.2, -0.15) is 0 Å². The van der Waals surface area contributed by atoms with Gasteiger partial charge in [0.05, 0.1) is 6.10 Å². The van der Waals surface area contributed by atoms with Gasteiger partial charge in [0, 0.05) is 5.92 Å². The summed E-state index contributed by atoms with van der Waals surface area (Å²) in [5.41, 5.74) is 0. The normalized spacial score (nSPS) is 33.5. The van der Waals surface area contributed by atoms with Crippen molar-refractivity contribution in [3.63, 3.8) is 0 Å². The smallest absolute Gasteiger partial charge is 0.161 e. The molecular weight excluding hydrogens is 212 g/mol. The van der Waals surface area contributed by atoms with Gasteiger partial charge in [0.25, 0.3) is 0 Å². The van der Waals surface area contributed by atoms with E-state index in [1.165, 1.54) is 32.1 Å². The lowest BCUT2D eigenvalue weighted by molar-refractivity contribution is -0.131. The van der Waals surface area contributed by atoms with E-state index in [9.17, 15) is 4.79 Å². The van der Waals surface area contributed by atoms with Crippen LogP contribution in [0.3, 0.4) is 0 Å². The van der Waals surface area contributed by atoms with Gasteiger partial charge in [-0.15, -0.1) is 0 Å². The molecule has 98 valence electrons. The summed E-state index contributed by atoms with van der Waals surface area (Å²) in [6.07, 6.45) is 9.27. The predicted octanol–water partition coefficient (Wildman–Crippen LogP) is 3.59. The van der Waals surface area contributed by atoms with Crippen LogP contribution in [0.2, 0.25) is 0 Å². The molecule has 0 aromatic carbocycles. The number of carbonyl (C=O) groups is 1. The first-order chi connectivity index (χ1) is 8.16.